The maximum absolute atomic E-state index is 12.8. The summed E-state index contributed by atoms with van der Waals surface area (Å²) in [5, 5.41) is 19.8. The first kappa shape index (κ1) is 23.3. The van der Waals surface area contributed by atoms with Crippen LogP contribution < -0.4 is 5.32 Å². The van der Waals surface area contributed by atoms with Crippen molar-refractivity contribution in [2.45, 2.75) is 6.54 Å². The normalized spacial score (nSPS) is 13.4. The topological polar surface area (TPSA) is 103 Å². The molecular weight excluding hydrogens is 458 g/mol. The van der Waals surface area contributed by atoms with E-state index in [2.05, 4.69) is 5.32 Å². The Bertz CT molecular complexity index is 1370. The monoisotopic (exact) mass is 483 g/mol. The summed E-state index contributed by atoms with van der Waals surface area (Å²) in [6.45, 7) is 2.19. The number of hydrogen-bond acceptors (Lipinski definition) is 6. The molecule has 1 amide bonds. The third kappa shape index (κ3) is 4.96. The predicted molar refractivity (Wildman–Crippen MR) is 136 cm³/mol. The van der Waals surface area contributed by atoms with Crippen molar-refractivity contribution in [2.24, 2.45) is 0 Å². The summed E-state index contributed by atoms with van der Waals surface area (Å²) in [7, 11) is 0. The highest BCUT2D eigenvalue weighted by Crippen LogP contribution is 2.29. The zero-order valence-electron chi connectivity index (χ0n) is 19.5. The Morgan fingerprint density at radius 1 is 1.00 bits per heavy atom. The second-order valence-electron chi connectivity index (χ2n) is 8.40. The third-order valence-corrected chi connectivity index (χ3v) is 6.07. The highest BCUT2D eigenvalue weighted by Gasteiger charge is 2.23. The number of para-hydroxylation sites is 1. The van der Waals surface area contributed by atoms with Gasteiger partial charge >= 0.3 is 0 Å². The number of hydrogen-bond donors (Lipinski definition) is 1. The number of ether oxygens (including phenoxy) is 1. The number of carbonyl (C=O) groups is 1. The second kappa shape index (κ2) is 10.4. The number of nitrogens with one attached hydrogen (secondary N) is 1. The molecule has 0 saturated carbocycles. The number of nitrogens with zero attached hydrogens (tertiary/aromatic N) is 4. The molecule has 4 aromatic rings. The van der Waals surface area contributed by atoms with Crippen LogP contribution in [0.1, 0.15) is 15.9 Å². The lowest BCUT2D eigenvalue weighted by Gasteiger charge is -2.26. The summed E-state index contributed by atoms with van der Waals surface area (Å²) in [5.74, 6) is -0.233. The molecule has 0 spiro atoms. The van der Waals surface area contributed by atoms with Crippen molar-refractivity contribution in [3.63, 3.8) is 0 Å². The molecule has 0 unspecified atom stereocenters. The van der Waals surface area contributed by atoms with Crippen LogP contribution in [0.25, 0.3) is 16.9 Å². The van der Waals surface area contributed by atoms with E-state index in [1.54, 1.807) is 21.7 Å². The average Bonchev–Trinajstić information content (AvgIpc) is 3.37. The minimum absolute atomic E-state index is 0.147. The Hall–Kier alpha value is -4.50. The van der Waals surface area contributed by atoms with Crippen LogP contribution in [0, 0.1) is 10.1 Å². The average molecular weight is 484 g/mol. The molecule has 182 valence electrons. The SMILES string of the molecule is O=C(c1ccc(NCc2cn(-c3ccccc3)nc2-c2ccccc2)c([N+](=O)[O-])c1)N1CCOCC1. The number of carbonyl (C=O) groups excluding carboxylic acids is 1. The minimum Gasteiger partial charge on any atom is -0.378 e. The molecule has 1 N–H and O–H groups in total. The summed E-state index contributed by atoms with van der Waals surface area (Å²) in [6, 6.07) is 24.1. The minimum atomic E-state index is -0.468. The zero-order valence-corrected chi connectivity index (χ0v) is 19.5. The van der Waals surface area contributed by atoms with Crippen molar-refractivity contribution in [3.05, 3.63) is 106 Å². The Kier molecular flexibility index (Phi) is 6.72. The van der Waals surface area contributed by atoms with E-state index in [1.807, 2.05) is 66.9 Å². The molecule has 9 heteroatoms. The summed E-state index contributed by atoms with van der Waals surface area (Å²) in [6.07, 6.45) is 1.92. The number of aromatic nitrogens is 2. The van der Waals surface area contributed by atoms with Gasteiger partial charge in [-0.2, -0.15) is 5.10 Å². The molecule has 0 atom stereocenters. The number of nitro groups is 1. The fraction of sp³-hybridized carbons (Fsp3) is 0.185. The highest BCUT2D eigenvalue weighted by molar-refractivity contribution is 5.95. The van der Waals surface area contributed by atoms with Gasteiger partial charge in [-0.3, -0.25) is 14.9 Å². The van der Waals surface area contributed by atoms with E-state index in [0.717, 1.165) is 22.5 Å². The number of amides is 1. The van der Waals surface area contributed by atoms with Gasteiger partial charge in [0.15, 0.2) is 0 Å². The molecule has 0 radical (unpaired) electrons. The Morgan fingerprint density at radius 3 is 2.39 bits per heavy atom. The molecule has 1 aromatic heterocycles. The smallest absolute Gasteiger partial charge is 0.293 e. The van der Waals surface area contributed by atoms with Crippen molar-refractivity contribution in [3.8, 4) is 16.9 Å². The first-order valence-electron chi connectivity index (χ1n) is 11.7. The van der Waals surface area contributed by atoms with Crippen molar-refractivity contribution in [2.75, 3.05) is 31.6 Å². The predicted octanol–water partition coefficient (Wildman–Crippen LogP) is 4.53. The molecule has 1 fully saturated rings. The van der Waals surface area contributed by atoms with Gasteiger partial charge in [-0.1, -0.05) is 48.5 Å². The van der Waals surface area contributed by atoms with Crippen LogP contribution in [0.4, 0.5) is 11.4 Å². The van der Waals surface area contributed by atoms with Gasteiger partial charge in [-0.05, 0) is 24.3 Å². The summed E-state index contributed by atoms with van der Waals surface area (Å²) in [4.78, 5) is 25.9. The number of morpholine rings is 1. The molecule has 36 heavy (non-hydrogen) atoms. The van der Waals surface area contributed by atoms with Gasteiger partial charge < -0.3 is 15.0 Å². The maximum Gasteiger partial charge on any atom is 0.293 e. The van der Waals surface area contributed by atoms with Crippen molar-refractivity contribution < 1.29 is 14.5 Å². The molecule has 3 aromatic carbocycles. The van der Waals surface area contributed by atoms with Gasteiger partial charge in [0.2, 0.25) is 0 Å². The molecule has 0 bridgehead atoms. The van der Waals surface area contributed by atoms with Crippen molar-refractivity contribution in [1.82, 2.24) is 14.7 Å². The molecule has 2 heterocycles. The Labute approximate surface area is 208 Å². The van der Waals surface area contributed by atoms with E-state index in [1.165, 1.54) is 6.07 Å². The van der Waals surface area contributed by atoms with Crippen molar-refractivity contribution >= 4 is 17.3 Å². The molecule has 1 saturated heterocycles. The van der Waals surface area contributed by atoms with E-state index in [-0.39, 0.29) is 17.2 Å². The molecule has 9 nitrogen and oxygen atoms in total. The number of anilines is 1. The highest BCUT2D eigenvalue weighted by atomic mass is 16.6. The van der Waals surface area contributed by atoms with Crippen LogP contribution in [0.3, 0.4) is 0 Å². The van der Waals surface area contributed by atoms with Crippen LogP contribution >= 0.6 is 0 Å². The Balaban J connectivity index is 1.42. The van der Waals surface area contributed by atoms with Gasteiger partial charge in [0.25, 0.3) is 11.6 Å². The second-order valence-corrected chi connectivity index (χ2v) is 8.40. The van der Waals surface area contributed by atoms with E-state index in [9.17, 15) is 14.9 Å². The van der Waals surface area contributed by atoms with Gasteiger partial charge in [-0.25, -0.2) is 4.68 Å². The molecule has 1 aliphatic heterocycles. The summed E-state index contributed by atoms with van der Waals surface area (Å²) >= 11 is 0. The summed E-state index contributed by atoms with van der Waals surface area (Å²) in [5.41, 5.74) is 4.01. The molecular formula is C27H25N5O4. The lowest BCUT2D eigenvalue weighted by molar-refractivity contribution is -0.384. The largest absolute Gasteiger partial charge is 0.378 e. The number of rotatable bonds is 7. The third-order valence-electron chi connectivity index (χ3n) is 6.07. The molecule has 1 aliphatic rings. The van der Waals surface area contributed by atoms with Crippen LogP contribution in [0.5, 0.6) is 0 Å². The van der Waals surface area contributed by atoms with Crippen molar-refractivity contribution in [1.29, 1.82) is 0 Å². The van der Waals surface area contributed by atoms with Crippen LogP contribution in [0.2, 0.25) is 0 Å². The lowest BCUT2D eigenvalue weighted by Crippen LogP contribution is -2.40. The van der Waals surface area contributed by atoms with Gasteiger partial charge in [-0.15, -0.1) is 0 Å². The standard InChI is InChI=1S/C27H25N5O4/c33-27(30-13-15-36-16-14-30)21-11-12-24(25(17-21)32(34)35)28-18-22-19-31(23-9-5-2-6-10-23)29-26(22)20-7-3-1-4-8-20/h1-12,17,19,28H,13-16,18H2. The van der Waals surface area contributed by atoms with Crippen LogP contribution in [-0.2, 0) is 11.3 Å². The van der Waals surface area contributed by atoms with Gasteiger partial charge in [0.1, 0.15) is 5.69 Å². The molecule has 5 rings (SSSR count). The van der Waals surface area contributed by atoms with E-state index < -0.39 is 4.92 Å². The number of benzene rings is 3. The van der Waals surface area contributed by atoms with E-state index in [4.69, 9.17) is 9.84 Å². The molecule has 0 aliphatic carbocycles. The fourth-order valence-corrected chi connectivity index (χ4v) is 4.20. The van der Waals surface area contributed by atoms with Gasteiger partial charge in [0.05, 0.1) is 29.5 Å². The number of nitro benzene ring substituents is 1. The first-order chi connectivity index (χ1) is 17.6. The van der Waals surface area contributed by atoms with Crippen LogP contribution in [-0.4, -0.2) is 51.8 Å². The van der Waals surface area contributed by atoms with Gasteiger partial charge in [0, 0.05) is 48.6 Å². The fourth-order valence-electron chi connectivity index (χ4n) is 4.20. The van der Waals surface area contributed by atoms with Crippen LogP contribution in [0.15, 0.2) is 85.1 Å². The zero-order chi connectivity index (χ0) is 24.9. The van der Waals surface area contributed by atoms with E-state index >= 15 is 0 Å². The van der Waals surface area contributed by atoms with E-state index in [0.29, 0.717) is 38.5 Å². The first-order valence-corrected chi connectivity index (χ1v) is 11.7. The maximum atomic E-state index is 12.8. The quantitative estimate of drug-likeness (QED) is 0.306. The summed E-state index contributed by atoms with van der Waals surface area (Å²) < 4.78 is 7.10. The Morgan fingerprint density at radius 2 is 1.69 bits per heavy atom. The lowest BCUT2D eigenvalue weighted by atomic mass is 10.1.